The van der Waals surface area contributed by atoms with Crippen LogP contribution in [0.4, 0.5) is 5.69 Å². The molecule has 0 atom stereocenters. The Labute approximate surface area is 125 Å². The van der Waals surface area contributed by atoms with Crippen molar-refractivity contribution in [3.8, 4) is 0 Å². The third kappa shape index (κ3) is 4.04. The predicted molar refractivity (Wildman–Crippen MR) is 85.6 cm³/mol. The van der Waals surface area contributed by atoms with E-state index in [2.05, 4.69) is 27.3 Å². The first-order chi connectivity index (χ1) is 9.04. The van der Waals surface area contributed by atoms with E-state index < -0.39 is 0 Å². The molecule has 0 saturated carbocycles. The molecule has 2 aromatic rings. The lowest BCUT2D eigenvalue weighted by molar-refractivity contribution is -0.111. The third-order valence-corrected chi connectivity index (χ3v) is 4.22. The molecule has 0 bridgehead atoms. The molecule has 0 spiro atoms. The number of benzene rings is 1. The van der Waals surface area contributed by atoms with E-state index in [9.17, 15) is 4.79 Å². The van der Waals surface area contributed by atoms with Gasteiger partial charge in [0.05, 0.1) is 3.79 Å². The molecule has 0 radical (unpaired) electrons. The Kier molecular flexibility index (Phi) is 4.56. The molecule has 1 N–H and O–H groups in total. The SMILES string of the molecule is Cc1ccc(NC(=O)/C=C/c2ccc(Br)s2)c(C)c1. The van der Waals surface area contributed by atoms with Crippen molar-refractivity contribution in [2.75, 3.05) is 5.32 Å². The number of nitrogens with one attached hydrogen (secondary N) is 1. The maximum absolute atomic E-state index is 11.8. The van der Waals surface area contributed by atoms with Gasteiger partial charge in [-0.25, -0.2) is 0 Å². The van der Waals surface area contributed by atoms with Crippen LogP contribution in [0.25, 0.3) is 6.08 Å². The van der Waals surface area contributed by atoms with Crippen LogP contribution in [0, 0.1) is 13.8 Å². The van der Waals surface area contributed by atoms with Gasteiger partial charge in [0.15, 0.2) is 0 Å². The summed E-state index contributed by atoms with van der Waals surface area (Å²) in [5.74, 6) is -0.114. The summed E-state index contributed by atoms with van der Waals surface area (Å²) in [7, 11) is 0. The number of hydrogen-bond acceptors (Lipinski definition) is 2. The van der Waals surface area contributed by atoms with Gasteiger partial charge in [0, 0.05) is 16.6 Å². The number of carbonyl (C=O) groups excluding carboxylic acids is 1. The minimum Gasteiger partial charge on any atom is -0.322 e. The third-order valence-electron chi connectivity index (χ3n) is 2.63. The number of anilines is 1. The highest BCUT2D eigenvalue weighted by Crippen LogP contribution is 2.23. The molecule has 1 heterocycles. The van der Waals surface area contributed by atoms with Crippen molar-refractivity contribution < 1.29 is 4.79 Å². The summed E-state index contributed by atoms with van der Waals surface area (Å²) < 4.78 is 1.06. The monoisotopic (exact) mass is 335 g/mol. The minimum absolute atomic E-state index is 0.114. The van der Waals surface area contributed by atoms with Gasteiger partial charge in [0.2, 0.25) is 5.91 Å². The molecule has 0 saturated heterocycles. The first kappa shape index (κ1) is 14.0. The van der Waals surface area contributed by atoms with Crippen LogP contribution < -0.4 is 5.32 Å². The van der Waals surface area contributed by atoms with Crippen molar-refractivity contribution in [2.24, 2.45) is 0 Å². The average molecular weight is 336 g/mol. The molecule has 0 aliphatic heterocycles. The Hall–Kier alpha value is -1.39. The Bertz CT molecular complexity index is 631. The van der Waals surface area contributed by atoms with Crippen molar-refractivity contribution in [1.29, 1.82) is 0 Å². The topological polar surface area (TPSA) is 29.1 Å². The number of hydrogen-bond donors (Lipinski definition) is 1. The lowest BCUT2D eigenvalue weighted by Crippen LogP contribution is -2.08. The molecule has 0 aliphatic carbocycles. The van der Waals surface area contributed by atoms with Crippen LogP contribution in [0.5, 0.6) is 0 Å². The van der Waals surface area contributed by atoms with Gasteiger partial charge in [0.1, 0.15) is 0 Å². The Balaban J connectivity index is 2.03. The molecule has 0 unspecified atom stereocenters. The molecule has 2 nitrogen and oxygen atoms in total. The average Bonchev–Trinajstić information content (AvgIpc) is 2.76. The fraction of sp³-hybridized carbons (Fsp3) is 0.133. The van der Waals surface area contributed by atoms with Crippen LogP contribution >= 0.6 is 27.3 Å². The molecule has 1 aromatic heterocycles. The highest BCUT2D eigenvalue weighted by atomic mass is 79.9. The second-order valence-electron chi connectivity index (χ2n) is 4.28. The van der Waals surface area contributed by atoms with Crippen LogP contribution in [0.3, 0.4) is 0 Å². The highest BCUT2D eigenvalue weighted by molar-refractivity contribution is 9.11. The van der Waals surface area contributed by atoms with Crippen molar-refractivity contribution in [3.05, 3.63) is 56.2 Å². The lowest BCUT2D eigenvalue weighted by atomic mass is 10.1. The van der Waals surface area contributed by atoms with Crippen LogP contribution in [-0.4, -0.2) is 5.91 Å². The summed E-state index contributed by atoms with van der Waals surface area (Å²) in [5.41, 5.74) is 3.11. The molecule has 98 valence electrons. The van der Waals surface area contributed by atoms with E-state index >= 15 is 0 Å². The van der Waals surface area contributed by atoms with Crippen molar-refractivity contribution in [3.63, 3.8) is 0 Å². The Morgan fingerprint density at radius 1 is 1.26 bits per heavy atom. The van der Waals surface area contributed by atoms with Gasteiger partial charge in [-0.15, -0.1) is 11.3 Å². The molecule has 1 amide bonds. The molecular formula is C15H14BrNOS. The van der Waals surface area contributed by atoms with Gasteiger partial charge in [-0.3, -0.25) is 4.79 Å². The van der Waals surface area contributed by atoms with Gasteiger partial charge in [0.25, 0.3) is 0 Å². The van der Waals surface area contributed by atoms with Crippen molar-refractivity contribution in [1.82, 2.24) is 0 Å². The van der Waals surface area contributed by atoms with E-state index in [4.69, 9.17) is 0 Å². The molecule has 4 heteroatoms. The van der Waals surface area contributed by atoms with Gasteiger partial charge >= 0.3 is 0 Å². The van der Waals surface area contributed by atoms with Crippen molar-refractivity contribution in [2.45, 2.75) is 13.8 Å². The highest BCUT2D eigenvalue weighted by Gasteiger charge is 2.02. The van der Waals surface area contributed by atoms with E-state index in [0.717, 1.165) is 19.9 Å². The minimum atomic E-state index is -0.114. The zero-order valence-corrected chi connectivity index (χ0v) is 13.1. The summed E-state index contributed by atoms with van der Waals surface area (Å²) in [5, 5.41) is 2.88. The van der Waals surface area contributed by atoms with Crippen LogP contribution in [0.1, 0.15) is 16.0 Å². The number of carbonyl (C=O) groups is 1. The van der Waals surface area contributed by atoms with Gasteiger partial charge in [-0.05, 0) is 59.6 Å². The Morgan fingerprint density at radius 3 is 2.68 bits per heavy atom. The van der Waals surface area contributed by atoms with E-state index in [1.807, 2.05) is 44.2 Å². The van der Waals surface area contributed by atoms with Gasteiger partial charge < -0.3 is 5.32 Å². The quantitative estimate of drug-likeness (QED) is 0.803. The Morgan fingerprint density at radius 2 is 2.05 bits per heavy atom. The molecule has 19 heavy (non-hydrogen) atoms. The van der Waals surface area contributed by atoms with E-state index in [1.165, 1.54) is 5.56 Å². The summed E-state index contributed by atoms with van der Waals surface area (Å²) in [6.07, 6.45) is 3.37. The van der Waals surface area contributed by atoms with Crippen LogP contribution in [-0.2, 0) is 4.79 Å². The van der Waals surface area contributed by atoms with E-state index in [0.29, 0.717) is 0 Å². The largest absolute Gasteiger partial charge is 0.322 e. The van der Waals surface area contributed by atoms with Gasteiger partial charge in [-0.2, -0.15) is 0 Å². The number of aryl methyl sites for hydroxylation is 2. The first-order valence-corrected chi connectivity index (χ1v) is 7.47. The number of rotatable bonds is 3. The summed E-state index contributed by atoms with van der Waals surface area (Å²) >= 11 is 4.98. The first-order valence-electron chi connectivity index (χ1n) is 5.86. The van der Waals surface area contributed by atoms with Crippen LogP contribution in [0.2, 0.25) is 0 Å². The zero-order valence-electron chi connectivity index (χ0n) is 10.7. The second kappa shape index (κ2) is 6.17. The smallest absolute Gasteiger partial charge is 0.248 e. The summed E-state index contributed by atoms with van der Waals surface area (Å²) in [4.78, 5) is 12.9. The summed E-state index contributed by atoms with van der Waals surface area (Å²) in [6, 6.07) is 9.90. The predicted octanol–water partition coefficient (Wildman–Crippen LogP) is 4.78. The fourth-order valence-electron chi connectivity index (χ4n) is 1.70. The zero-order chi connectivity index (χ0) is 13.8. The number of thiophene rings is 1. The van der Waals surface area contributed by atoms with E-state index in [-0.39, 0.29) is 5.91 Å². The molecule has 1 aromatic carbocycles. The molecule has 2 rings (SSSR count). The van der Waals surface area contributed by atoms with Crippen LogP contribution in [0.15, 0.2) is 40.2 Å². The van der Waals surface area contributed by atoms with E-state index in [1.54, 1.807) is 17.4 Å². The van der Waals surface area contributed by atoms with Gasteiger partial charge in [-0.1, -0.05) is 17.7 Å². The van der Waals surface area contributed by atoms with Crippen molar-refractivity contribution >= 4 is 44.9 Å². The molecular weight excluding hydrogens is 322 g/mol. The number of halogens is 1. The normalized spacial score (nSPS) is 10.9. The molecule has 0 aliphatic rings. The number of amides is 1. The maximum atomic E-state index is 11.8. The maximum Gasteiger partial charge on any atom is 0.248 e. The molecule has 0 fully saturated rings. The fourth-order valence-corrected chi connectivity index (χ4v) is 3.03. The standard InChI is InChI=1S/C15H14BrNOS/c1-10-3-6-13(11(2)9-10)17-15(18)8-5-12-4-7-14(16)19-12/h3-9H,1-2H3,(H,17,18)/b8-5+. The lowest BCUT2D eigenvalue weighted by Gasteiger charge is -2.06. The second-order valence-corrected chi connectivity index (χ2v) is 6.78. The summed E-state index contributed by atoms with van der Waals surface area (Å²) in [6.45, 7) is 4.02.